The summed E-state index contributed by atoms with van der Waals surface area (Å²) >= 11 is 0. The second-order valence-corrected chi connectivity index (χ2v) is 6.30. The third-order valence-electron chi connectivity index (χ3n) is 4.91. The van der Waals surface area contributed by atoms with Crippen molar-refractivity contribution in [2.75, 3.05) is 31.9 Å². The Labute approximate surface area is 122 Å². The second-order valence-electron chi connectivity index (χ2n) is 6.30. The van der Waals surface area contributed by atoms with Crippen molar-refractivity contribution < 1.29 is 0 Å². The Morgan fingerprint density at radius 1 is 0.950 bits per heavy atom. The Morgan fingerprint density at radius 2 is 1.65 bits per heavy atom. The van der Waals surface area contributed by atoms with Crippen LogP contribution in [0.1, 0.15) is 37.7 Å². The number of likely N-dealkylation sites (tertiary alicyclic amines) is 2. The van der Waals surface area contributed by atoms with Gasteiger partial charge >= 0.3 is 0 Å². The fourth-order valence-corrected chi connectivity index (χ4v) is 3.65. The van der Waals surface area contributed by atoms with Crippen LogP contribution in [-0.4, -0.2) is 42.0 Å². The molecule has 2 aliphatic heterocycles. The molecule has 3 rings (SSSR count). The molecule has 3 nitrogen and oxygen atoms in total. The van der Waals surface area contributed by atoms with E-state index < -0.39 is 0 Å². The molecule has 2 fully saturated rings. The highest BCUT2D eigenvalue weighted by atomic mass is 15.2. The number of hydrogen-bond acceptors (Lipinski definition) is 3. The van der Waals surface area contributed by atoms with Crippen molar-refractivity contribution in [1.82, 2.24) is 9.80 Å². The maximum Gasteiger partial charge on any atom is 0.0359 e. The van der Waals surface area contributed by atoms with Crippen molar-refractivity contribution in [3.05, 3.63) is 29.8 Å². The van der Waals surface area contributed by atoms with Crippen LogP contribution in [-0.2, 0) is 6.54 Å². The van der Waals surface area contributed by atoms with E-state index in [4.69, 9.17) is 5.73 Å². The molecule has 0 aliphatic carbocycles. The van der Waals surface area contributed by atoms with Gasteiger partial charge in [-0.15, -0.1) is 0 Å². The topological polar surface area (TPSA) is 32.5 Å². The van der Waals surface area contributed by atoms with Crippen molar-refractivity contribution in [3.8, 4) is 0 Å². The molecule has 2 N–H and O–H groups in total. The largest absolute Gasteiger partial charge is 0.398 e. The quantitative estimate of drug-likeness (QED) is 0.860. The lowest BCUT2D eigenvalue weighted by Gasteiger charge is -2.40. The highest BCUT2D eigenvalue weighted by Crippen LogP contribution is 2.22. The zero-order chi connectivity index (χ0) is 13.8. The van der Waals surface area contributed by atoms with Crippen LogP contribution in [0, 0.1) is 0 Å². The molecule has 1 aromatic rings. The lowest BCUT2D eigenvalue weighted by molar-refractivity contribution is 0.0897. The number of nitrogens with zero attached hydrogens (tertiary/aromatic N) is 2. The summed E-state index contributed by atoms with van der Waals surface area (Å²) in [6.45, 7) is 6.11. The van der Waals surface area contributed by atoms with Crippen LogP contribution >= 0.6 is 0 Å². The molecule has 2 aliphatic rings. The van der Waals surface area contributed by atoms with Gasteiger partial charge in [0.05, 0.1) is 0 Å². The molecule has 3 heteroatoms. The van der Waals surface area contributed by atoms with Crippen molar-refractivity contribution >= 4 is 5.69 Å². The highest BCUT2D eigenvalue weighted by molar-refractivity contribution is 5.46. The number of nitrogen functional groups attached to an aromatic ring is 1. The molecule has 0 amide bonds. The summed E-state index contributed by atoms with van der Waals surface area (Å²) in [6, 6.07) is 9.11. The van der Waals surface area contributed by atoms with Gasteiger partial charge in [0, 0.05) is 18.3 Å². The van der Waals surface area contributed by atoms with Gasteiger partial charge in [-0.25, -0.2) is 0 Å². The molecular formula is C17H27N3. The van der Waals surface area contributed by atoms with Crippen LogP contribution in [0.2, 0.25) is 0 Å². The predicted octanol–water partition coefficient (Wildman–Crippen LogP) is 2.72. The van der Waals surface area contributed by atoms with Gasteiger partial charge in [-0.1, -0.05) is 24.6 Å². The summed E-state index contributed by atoms with van der Waals surface area (Å²) in [6.07, 6.45) is 6.89. The van der Waals surface area contributed by atoms with Crippen molar-refractivity contribution in [1.29, 1.82) is 0 Å². The average molecular weight is 273 g/mol. The summed E-state index contributed by atoms with van der Waals surface area (Å²) in [4.78, 5) is 5.30. The standard InChI is InChI=1S/C17H27N3/c18-17-7-3-2-6-15(17)14-19-12-8-16(9-13-19)20-10-4-1-5-11-20/h2-3,6-7,16H,1,4-5,8-14,18H2. The minimum atomic E-state index is 0.833. The molecule has 1 aromatic carbocycles. The van der Waals surface area contributed by atoms with Gasteiger partial charge in [-0.05, 0) is 63.5 Å². The second kappa shape index (κ2) is 6.59. The fraction of sp³-hybridized carbons (Fsp3) is 0.647. The number of nitrogens with two attached hydrogens (primary N) is 1. The molecule has 2 saturated heterocycles. The zero-order valence-corrected chi connectivity index (χ0v) is 12.4. The Hall–Kier alpha value is -1.06. The molecule has 0 atom stereocenters. The Kier molecular flexibility index (Phi) is 4.58. The van der Waals surface area contributed by atoms with E-state index in [2.05, 4.69) is 21.9 Å². The van der Waals surface area contributed by atoms with Gasteiger partial charge in [0.15, 0.2) is 0 Å². The van der Waals surface area contributed by atoms with E-state index in [-0.39, 0.29) is 0 Å². The van der Waals surface area contributed by atoms with Crippen LogP contribution < -0.4 is 5.73 Å². The normalized spacial score (nSPS) is 23.0. The number of piperidine rings is 2. The molecule has 0 aromatic heterocycles. The lowest BCUT2D eigenvalue weighted by atomic mass is 9.99. The van der Waals surface area contributed by atoms with Crippen LogP contribution in [0.5, 0.6) is 0 Å². The summed E-state index contributed by atoms with van der Waals surface area (Å²) < 4.78 is 0. The van der Waals surface area contributed by atoms with Crippen molar-refractivity contribution in [3.63, 3.8) is 0 Å². The molecule has 0 unspecified atom stereocenters. The molecule has 20 heavy (non-hydrogen) atoms. The lowest BCUT2D eigenvalue weighted by Crippen LogP contribution is -2.46. The highest BCUT2D eigenvalue weighted by Gasteiger charge is 2.25. The molecule has 0 radical (unpaired) electrons. The summed E-state index contributed by atoms with van der Waals surface area (Å²) in [5, 5.41) is 0. The third-order valence-corrected chi connectivity index (χ3v) is 4.91. The summed E-state index contributed by atoms with van der Waals surface area (Å²) in [5.41, 5.74) is 8.26. The van der Waals surface area contributed by atoms with E-state index in [0.29, 0.717) is 0 Å². The first-order valence-electron chi connectivity index (χ1n) is 8.13. The third kappa shape index (κ3) is 3.33. The maximum atomic E-state index is 6.05. The predicted molar refractivity (Wildman–Crippen MR) is 84.6 cm³/mol. The van der Waals surface area contributed by atoms with Gasteiger partial charge in [-0.2, -0.15) is 0 Å². The maximum absolute atomic E-state index is 6.05. The average Bonchev–Trinajstić information content (AvgIpc) is 2.51. The number of anilines is 1. The fourth-order valence-electron chi connectivity index (χ4n) is 3.65. The summed E-state index contributed by atoms with van der Waals surface area (Å²) in [5.74, 6) is 0. The van der Waals surface area contributed by atoms with Gasteiger partial charge < -0.3 is 10.6 Å². The molecule has 2 heterocycles. The molecule has 0 bridgehead atoms. The minimum Gasteiger partial charge on any atom is -0.398 e. The van der Waals surface area contributed by atoms with Gasteiger partial charge in [0.1, 0.15) is 0 Å². The molecule has 0 spiro atoms. The first-order chi connectivity index (χ1) is 9.83. The number of para-hydroxylation sites is 1. The molecule has 110 valence electrons. The molecule has 0 saturated carbocycles. The van der Waals surface area contributed by atoms with E-state index in [1.54, 1.807) is 0 Å². The van der Waals surface area contributed by atoms with Gasteiger partial charge in [0.2, 0.25) is 0 Å². The van der Waals surface area contributed by atoms with Gasteiger partial charge in [-0.3, -0.25) is 4.90 Å². The number of benzene rings is 1. The van der Waals surface area contributed by atoms with Crippen LogP contribution in [0.15, 0.2) is 24.3 Å². The van der Waals surface area contributed by atoms with Gasteiger partial charge in [0.25, 0.3) is 0 Å². The Balaban J connectivity index is 1.50. The van der Waals surface area contributed by atoms with Crippen molar-refractivity contribution in [2.45, 2.75) is 44.7 Å². The smallest absolute Gasteiger partial charge is 0.0359 e. The van der Waals surface area contributed by atoms with E-state index in [1.165, 1.54) is 63.8 Å². The van der Waals surface area contributed by atoms with E-state index in [9.17, 15) is 0 Å². The number of rotatable bonds is 3. The Morgan fingerprint density at radius 3 is 2.35 bits per heavy atom. The van der Waals surface area contributed by atoms with Crippen LogP contribution in [0.3, 0.4) is 0 Å². The van der Waals surface area contributed by atoms with Crippen molar-refractivity contribution in [2.24, 2.45) is 0 Å². The van der Waals surface area contributed by atoms with Crippen LogP contribution in [0.4, 0.5) is 5.69 Å². The Bertz CT molecular complexity index is 418. The molecular weight excluding hydrogens is 246 g/mol. The summed E-state index contributed by atoms with van der Waals surface area (Å²) in [7, 11) is 0. The first-order valence-corrected chi connectivity index (χ1v) is 8.13. The first kappa shape index (κ1) is 13.9. The SMILES string of the molecule is Nc1ccccc1CN1CCC(N2CCCCC2)CC1. The van der Waals surface area contributed by atoms with Crippen LogP contribution in [0.25, 0.3) is 0 Å². The number of hydrogen-bond donors (Lipinski definition) is 1. The van der Waals surface area contributed by atoms with E-state index in [0.717, 1.165) is 18.3 Å². The monoisotopic (exact) mass is 273 g/mol. The van der Waals surface area contributed by atoms with E-state index >= 15 is 0 Å². The van der Waals surface area contributed by atoms with E-state index in [1.807, 2.05) is 12.1 Å². The minimum absolute atomic E-state index is 0.833. The zero-order valence-electron chi connectivity index (χ0n) is 12.4.